The number of ether oxygens (including phenoxy) is 2. The lowest BCUT2D eigenvalue weighted by Gasteiger charge is -2.12. The summed E-state index contributed by atoms with van der Waals surface area (Å²) in [6.07, 6.45) is 1.70. The predicted octanol–water partition coefficient (Wildman–Crippen LogP) is 1.17. The number of methoxy groups -OCH3 is 2. The maximum Gasteiger partial charge on any atom is 0.165 e. The normalized spacial score (nSPS) is 12.2. The molecule has 0 heterocycles. The summed E-state index contributed by atoms with van der Waals surface area (Å²) in [4.78, 5) is 0. The summed E-state index contributed by atoms with van der Waals surface area (Å²) in [6.45, 7) is 1.40. The summed E-state index contributed by atoms with van der Waals surface area (Å²) >= 11 is 0. The Balaban J connectivity index is 2.60. The average Bonchev–Trinajstić information content (AvgIpc) is 2.33. The third-order valence-corrected chi connectivity index (χ3v) is 3.15. The van der Waals surface area contributed by atoms with E-state index in [0.29, 0.717) is 12.3 Å². The zero-order valence-corrected chi connectivity index (χ0v) is 11.3. The van der Waals surface area contributed by atoms with Gasteiger partial charge in [-0.25, -0.2) is 0 Å². The van der Waals surface area contributed by atoms with E-state index in [1.165, 1.54) is 0 Å². The minimum absolute atomic E-state index is 0.659. The van der Waals surface area contributed by atoms with Gasteiger partial charge in [0.05, 0.1) is 14.2 Å². The summed E-state index contributed by atoms with van der Waals surface area (Å²) in [5.41, 5.74) is 1.04. The van der Waals surface area contributed by atoms with Gasteiger partial charge in [0.1, 0.15) is 0 Å². The Kier molecular flexibility index (Phi) is 6.00. The fourth-order valence-corrected chi connectivity index (χ4v) is 1.96. The zero-order valence-electron chi connectivity index (χ0n) is 10.5. The van der Waals surface area contributed by atoms with Gasteiger partial charge in [0, 0.05) is 41.5 Å². The molecule has 1 aromatic rings. The number of hydrogen-bond donors (Lipinski definition) is 1. The minimum atomic E-state index is -0.755. The Labute approximate surface area is 105 Å². The van der Waals surface area contributed by atoms with Crippen LogP contribution >= 0.6 is 0 Å². The van der Waals surface area contributed by atoms with Gasteiger partial charge in [0.25, 0.3) is 0 Å². The van der Waals surface area contributed by atoms with Crippen LogP contribution in [0.15, 0.2) is 18.2 Å². The maximum atomic E-state index is 10.9. The molecule has 0 fully saturated rings. The van der Waals surface area contributed by atoms with Gasteiger partial charge in [-0.15, -0.1) is 0 Å². The van der Waals surface area contributed by atoms with Crippen LogP contribution in [0.1, 0.15) is 5.56 Å². The molecule has 0 radical (unpaired) electrons. The first-order valence-corrected chi connectivity index (χ1v) is 7.12. The first-order valence-electron chi connectivity index (χ1n) is 5.39. The van der Waals surface area contributed by atoms with Gasteiger partial charge in [-0.2, -0.15) is 0 Å². The van der Waals surface area contributed by atoms with E-state index in [1.807, 2.05) is 18.2 Å². The van der Waals surface area contributed by atoms with Crippen molar-refractivity contribution in [3.8, 4) is 11.5 Å². The highest BCUT2D eigenvalue weighted by Crippen LogP contribution is 2.30. The van der Waals surface area contributed by atoms with E-state index in [1.54, 1.807) is 20.5 Å². The van der Waals surface area contributed by atoms with Crippen LogP contribution in [0, 0.1) is 0 Å². The van der Waals surface area contributed by atoms with Crippen molar-refractivity contribution >= 4 is 10.8 Å². The molecule has 0 amide bonds. The molecule has 1 aromatic carbocycles. The largest absolute Gasteiger partial charge is 0.493 e. The van der Waals surface area contributed by atoms with E-state index in [0.717, 1.165) is 23.6 Å². The molecule has 1 rings (SSSR count). The number of benzene rings is 1. The van der Waals surface area contributed by atoms with Gasteiger partial charge in [-0.3, -0.25) is 4.21 Å². The molecular formula is C12H19NO3S. The second-order valence-electron chi connectivity index (χ2n) is 3.61. The van der Waals surface area contributed by atoms with Gasteiger partial charge >= 0.3 is 0 Å². The molecule has 0 saturated carbocycles. The van der Waals surface area contributed by atoms with Crippen molar-refractivity contribution in [2.24, 2.45) is 0 Å². The summed E-state index contributed by atoms with van der Waals surface area (Å²) < 4.78 is 21.4. The van der Waals surface area contributed by atoms with Gasteiger partial charge < -0.3 is 14.8 Å². The Bertz CT molecular complexity index is 382. The highest BCUT2D eigenvalue weighted by Gasteiger charge is 2.08. The van der Waals surface area contributed by atoms with Crippen molar-refractivity contribution in [1.29, 1.82) is 0 Å². The van der Waals surface area contributed by atoms with Crippen LogP contribution in [0.25, 0.3) is 0 Å². The molecule has 0 spiro atoms. The Hall–Kier alpha value is -1.07. The van der Waals surface area contributed by atoms with Crippen LogP contribution in [-0.2, 0) is 17.3 Å². The lowest BCUT2D eigenvalue weighted by Crippen LogP contribution is -2.20. The lowest BCUT2D eigenvalue weighted by molar-refractivity contribution is 0.351. The fraction of sp³-hybridized carbons (Fsp3) is 0.500. The monoisotopic (exact) mass is 257 g/mol. The van der Waals surface area contributed by atoms with Gasteiger partial charge in [0.15, 0.2) is 11.5 Å². The molecule has 0 bridgehead atoms. The lowest BCUT2D eigenvalue weighted by atomic mass is 10.2. The van der Waals surface area contributed by atoms with E-state index in [9.17, 15) is 4.21 Å². The highest BCUT2D eigenvalue weighted by atomic mass is 32.2. The summed E-state index contributed by atoms with van der Waals surface area (Å²) in [6, 6.07) is 5.77. The second-order valence-corrected chi connectivity index (χ2v) is 5.16. The van der Waals surface area contributed by atoms with Crippen molar-refractivity contribution < 1.29 is 13.7 Å². The van der Waals surface area contributed by atoms with Crippen LogP contribution in [-0.4, -0.2) is 37.0 Å². The molecule has 5 heteroatoms. The van der Waals surface area contributed by atoms with Crippen molar-refractivity contribution in [3.63, 3.8) is 0 Å². The van der Waals surface area contributed by atoms with Crippen molar-refractivity contribution in [2.75, 3.05) is 32.8 Å². The third-order valence-electron chi connectivity index (χ3n) is 2.37. The first-order chi connectivity index (χ1) is 8.19. The molecule has 17 heavy (non-hydrogen) atoms. The van der Waals surface area contributed by atoms with Crippen LogP contribution in [0.4, 0.5) is 0 Å². The fourth-order valence-electron chi connectivity index (χ4n) is 1.53. The van der Waals surface area contributed by atoms with Gasteiger partial charge in [0.2, 0.25) is 0 Å². The van der Waals surface area contributed by atoms with Gasteiger partial charge in [-0.05, 0) is 6.07 Å². The molecular weight excluding hydrogens is 238 g/mol. The number of nitrogens with one attached hydrogen (secondary N) is 1. The zero-order chi connectivity index (χ0) is 12.7. The molecule has 1 unspecified atom stereocenters. The smallest absolute Gasteiger partial charge is 0.165 e. The Morgan fingerprint density at radius 2 is 2.06 bits per heavy atom. The maximum absolute atomic E-state index is 10.9. The first kappa shape index (κ1) is 14.0. The Morgan fingerprint density at radius 1 is 1.29 bits per heavy atom. The van der Waals surface area contributed by atoms with E-state index in [4.69, 9.17) is 9.47 Å². The van der Waals surface area contributed by atoms with Crippen LogP contribution in [0.3, 0.4) is 0 Å². The molecule has 0 saturated heterocycles. The average molecular weight is 257 g/mol. The molecule has 0 aromatic heterocycles. The van der Waals surface area contributed by atoms with E-state index in [2.05, 4.69) is 5.32 Å². The minimum Gasteiger partial charge on any atom is -0.493 e. The second kappa shape index (κ2) is 7.29. The molecule has 0 aliphatic heterocycles. The SMILES string of the molecule is COc1cccc(CNCCS(C)=O)c1OC. The summed E-state index contributed by atoms with van der Waals surface area (Å²) in [7, 11) is 2.49. The molecule has 1 atom stereocenters. The quantitative estimate of drug-likeness (QED) is 0.745. The topological polar surface area (TPSA) is 47.6 Å². The summed E-state index contributed by atoms with van der Waals surface area (Å²) in [5, 5.41) is 3.23. The third kappa shape index (κ3) is 4.36. The molecule has 0 aliphatic carbocycles. The molecule has 4 nitrogen and oxygen atoms in total. The van der Waals surface area contributed by atoms with E-state index >= 15 is 0 Å². The molecule has 0 aliphatic rings. The van der Waals surface area contributed by atoms with Crippen molar-refractivity contribution in [1.82, 2.24) is 5.32 Å². The van der Waals surface area contributed by atoms with E-state index < -0.39 is 10.8 Å². The molecule has 1 N–H and O–H groups in total. The predicted molar refractivity (Wildman–Crippen MR) is 70.2 cm³/mol. The van der Waals surface area contributed by atoms with Crippen LogP contribution in [0.2, 0.25) is 0 Å². The number of hydrogen-bond acceptors (Lipinski definition) is 4. The highest BCUT2D eigenvalue weighted by molar-refractivity contribution is 7.84. The van der Waals surface area contributed by atoms with Crippen molar-refractivity contribution in [2.45, 2.75) is 6.54 Å². The Morgan fingerprint density at radius 3 is 2.65 bits per heavy atom. The van der Waals surface area contributed by atoms with E-state index in [-0.39, 0.29) is 0 Å². The van der Waals surface area contributed by atoms with Gasteiger partial charge in [-0.1, -0.05) is 12.1 Å². The standard InChI is InChI=1S/C12H19NO3S/c1-15-11-6-4-5-10(12(11)16-2)9-13-7-8-17(3)14/h4-6,13H,7-9H2,1-3H3. The van der Waals surface area contributed by atoms with Crippen molar-refractivity contribution in [3.05, 3.63) is 23.8 Å². The number of para-hydroxylation sites is 1. The van der Waals surface area contributed by atoms with Crippen LogP contribution in [0.5, 0.6) is 11.5 Å². The molecule has 96 valence electrons. The summed E-state index contributed by atoms with van der Waals surface area (Å²) in [5.74, 6) is 2.14. The van der Waals surface area contributed by atoms with Crippen LogP contribution < -0.4 is 14.8 Å². The number of rotatable bonds is 7.